The molecule has 112 valence electrons. The Labute approximate surface area is 128 Å². The van der Waals surface area contributed by atoms with Gasteiger partial charge >= 0.3 is 0 Å². The summed E-state index contributed by atoms with van der Waals surface area (Å²) in [5.74, 6) is 1.26. The molecule has 1 N–H and O–H groups in total. The number of benzene rings is 1. The number of hydrogen-bond donors (Lipinski definition) is 1. The molecule has 0 spiro atoms. The van der Waals surface area contributed by atoms with E-state index in [-0.39, 0.29) is 5.54 Å². The summed E-state index contributed by atoms with van der Waals surface area (Å²) in [5.41, 5.74) is 1.48. The minimum absolute atomic E-state index is 0.0748. The first-order valence-electron chi connectivity index (χ1n) is 7.69. The van der Waals surface area contributed by atoms with Gasteiger partial charge in [-0.15, -0.1) is 0 Å². The lowest BCUT2D eigenvalue weighted by Crippen LogP contribution is -2.47. The van der Waals surface area contributed by atoms with Gasteiger partial charge in [0.05, 0.1) is 5.54 Å². The molecular formula is C17H28N2S. The van der Waals surface area contributed by atoms with E-state index in [0.717, 1.165) is 13.1 Å². The second-order valence-corrected chi connectivity index (χ2v) is 7.07. The maximum absolute atomic E-state index is 3.78. The number of nitrogens with zero attached hydrogens (tertiary/aromatic N) is 1. The molecule has 1 aromatic carbocycles. The van der Waals surface area contributed by atoms with E-state index >= 15 is 0 Å². The van der Waals surface area contributed by atoms with Gasteiger partial charge in [-0.2, -0.15) is 11.8 Å². The second kappa shape index (κ2) is 7.48. The summed E-state index contributed by atoms with van der Waals surface area (Å²) in [7, 11) is 0. The minimum Gasteiger partial charge on any atom is -0.306 e. The number of nitrogens with one attached hydrogen (secondary N) is 1. The van der Waals surface area contributed by atoms with Crippen LogP contribution in [0.25, 0.3) is 0 Å². The van der Waals surface area contributed by atoms with E-state index in [2.05, 4.69) is 60.7 Å². The minimum atomic E-state index is 0.0748. The van der Waals surface area contributed by atoms with Gasteiger partial charge in [-0.3, -0.25) is 4.90 Å². The highest BCUT2D eigenvalue weighted by molar-refractivity contribution is 7.98. The van der Waals surface area contributed by atoms with E-state index in [0.29, 0.717) is 6.04 Å². The molecule has 1 aromatic rings. The van der Waals surface area contributed by atoms with Gasteiger partial charge in [0, 0.05) is 12.6 Å². The lowest BCUT2D eigenvalue weighted by Gasteiger charge is -2.36. The molecule has 0 aromatic heterocycles. The van der Waals surface area contributed by atoms with Crippen LogP contribution in [-0.2, 0) is 5.54 Å². The van der Waals surface area contributed by atoms with Crippen molar-refractivity contribution in [2.45, 2.75) is 38.3 Å². The molecule has 0 radical (unpaired) electrons. The summed E-state index contributed by atoms with van der Waals surface area (Å²) in [6, 6.07) is 11.6. The van der Waals surface area contributed by atoms with Crippen molar-refractivity contribution in [3.8, 4) is 0 Å². The fourth-order valence-corrected chi connectivity index (χ4v) is 3.49. The van der Waals surface area contributed by atoms with Gasteiger partial charge in [-0.05, 0) is 57.4 Å². The quantitative estimate of drug-likeness (QED) is 0.838. The summed E-state index contributed by atoms with van der Waals surface area (Å²) < 4.78 is 0. The largest absolute Gasteiger partial charge is 0.306 e. The zero-order valence-corrected chi connectivity index (χ0v) is 13.9. The van der Waals surface area contributed by atoms with Gasteiger partial charge in [0.15, 0.2) is 0 Å². The van der Waals surface area contributed by atoms with Crippen LogP contribution in [0, 0.1) is 0 Å². The van der Waals surface area contributed by atoms with Crippen LogP contribution in [0.15, 0.2) is 30.3 Å². The van der Waals surface area contributed by atoms with Crippen LogP contribution >= 0.6 is 11.8 Å². The maximum Gasteiger partial charge on any atom is 0.0535 e. The summed E-state index contributed by atoms with van der Waals surface area (Å²) in [4.78, 5) is 2.67. The third-order valence-electron chi connectivity index (χ3n) is 4.42. The molecule has 0 bridgehead atoms. The Morgan fingerprint density at radius 2 is 2.10 bits per heavy atom. The average molecular weight is 292 g/mol. The molecule has 1 heterocycles. The highest BCUT2D eigenvalue weighted by atomic mass is 32.2. The molecule has 1 fully saturated rings. The maximum atomic E-state index is 3.78. The van der Waals surface area contributed by atoms with Crippen LogP contribution < -0.4 is 5.32 Å². The lowest BCUT2D eigenvalue weighted by atomic mass is 9.91. The first kappa shape index (κ1) is 15.9. The van der Waals surface area contributed by atoms with Crippen LogP contribution in [0.1, 0.15) is 32.3 Å². The Bertz CT molecular complexity index is 395. The third-order valence-corrected chi connectivity index (χ3v) is 5.12. The number of hydrogen-bond acceptors (Lipinski definition) is 3. The van der Waals surface area contributed by atoms with Crippen LogP contribution in [0.5, 0.6) is 0 Å². The normalized spacial score (nSPS) is 28.2. The van der Waals surface area contributed by atoms with E-state index in [4.69, 9.17) is 0 Å². The van der Waals surface area contributed by atoms with Crippen LogP contribution in [0.4, 0.5) is 0 Å². The van der Waals surface area contributed by atoms with Crippen molar-refractivity contribution in [2.75, 3.05) is 31.6 Å². The molecule has 1 aliphatic rings. The van der Waals surface area contributed by atoms with Crippen molar-refractivity contribution >= 4 is 11.8 Å². The highest BCUT2D eigenvalue weighted by Crippen LogP contribution is 2.26. The molecule has 1 saturated heterocycles. The Kier molecular flexibility index (Phi) is 5.94. The van der Waals surface area contributed by atoms with Crippen molar-refractivity contribution in [1.29, 1.82) is 0 Å². The van der Waals surface area contributed by atoms with Gasteiger partial charge in [-0.25, -0.2) is 0 Å². The fourth-order valence-electron chi connectivity index (χ4n) is 3.07. The van der Waals surface area contributed by atoms with Gasteiger partial charge in [0.1, 0.15) is 0 Å². The van der Waals surface area contributed by atoms with Gasteiger partial charge in [0.25, 0.3) is 0 Å². The monoisotopic (exact) mass is 292 g/mol. The Balaban J connectivity index is 2.10. The molecule has 0 amide bonds. The SMILES string of the molecule is CSCCCN1CC(C)(c2ccccc2)NCCC1C. The lowest BCUT2D eigenvalue weighted by molar-refractivity contribution is 0.175. The van der Waals surface area contributed by atoms with E-state index < -0.39 is 0 Å². The Morgan fingerprint density at radius 1 is 1.35 bits per heavy atom. The summed E-state index contributed by atoms with van der Waals surface area (Å²) in [6.45, 7) is 8.14. The van der Waals surface area contributed by atoms with Gasteiger partial charge in [0.2, 0.25) is 0 Å². The van der Waals surface area contributed by atoms with Crippen molar-refractivity contribution in [1.82, 2.24) is 10.2 Å². The molecule has 20 heavy (non-hydrogen) atoms. The molecule has 2 atom stereocenters. The smallest absolute Gasteiger partial charge is 0.0535 e. The zero-order chi connectivity index (χ0) is 14.4. The predicted octanol–water partition coefficient (Wildman–Crippen LogP) is 3.34. The Morgan fingerprint density at radius 3 is 2.80 bits per heavy atom. The van der Waals surface area contributed by atoms with Gasteiger partial charge in [-0.1, -0.05) is 30.3 Å². The molecule has 1 aliphatic heterocycles. The standard InChI is InChI=1S/C17H28N2S/c1-15-10-11-18-17(2,16-8-5-4-6-9-16)14-19(15)12-7-13-20-3/h4-6,8-9,15,18H,7,10-14H2,1-3H3. The van der Waals surface area contributed by atoms with E-state index in [1.54, 1.807) is 0 Å². The summed E-state index contributed by atoms with van der Waals surface area (Å²) in [5, 5.41) is 3.78. The molecule has 2 nitrogen and oxygen atoms in total. The van der Waals surface area contributed by atoms with E-state index in [9.17, 15) is 0 Å². The average Bonchev–Trinajstić information content (AvgIpc) is 2.61. The van der Waals surface area contributed by atoms with Crippen molar-refractivity contribution in [2.24, 2.45) is 0 Å². The van der Waals surface area contributed by atoms with Crippen molar-refractivity contribution < 1.29 is 0 Å². The molecule has 3 heteroatoms. The summed E-state index contributed by atoms with van der Waals surface area (Å²) >= 11 is 1.95. The third kappa shape index (κ3) is 4.00. The topological polar surface area (TPSA) is 15.3 Å². The first-order valence-corrected chi connectivity index (χ1v) is 9.08. The van der Waals surface area contributed by atoms with Crippen molar-refractivity contribution in [3.05, 3.63) is 35.9 Å². The highest BCUT2D eigenvalue weighted by Gasteiger charge is 2.32. The van der Waals surface area contributed by atoms with E-state index in [1.807, 2.05) is 11.8 Å². The molecule has 0 aliphatic carbocycles. The fraction of sp³-hybridized carbons (Fsp3) is 0.647. The zero-order valence-electron chi connectivity index (χ0n) is 13.1. The van der Waals surface area contributed by atoms with Gasteiger partial charge < -0.3 is 5.32 Å². The van der Waals surface area contributed by atoms with Crippen LogP contribution in [0.2, 0.25) is 0 Å². The molecular weight excluding hydrogens is 264 g/mol. The van der Waals surface area contributed by atoms with E-state index in [1.165, 1.54) is 30.7 Å². The Hall–Kier alpha value is -0.510. The first-order chi connectivity index (χ1) is 9.65. The predicted molar refractivity (Wildman–Crippen MR) is 90.4 cm³/mol. The second-order valence-electron chi connectivity index (χ2n) is 6.08. The van der Waals surface area contributed by atoms with Crippen LogP contribution in [-0.4, -0.2) is 42.6 Å². The number of rotatable bonds is 5. The van der Waals surface area contributed by atoms with Crippen LogP contribution in [0.3, 0.4) is 0 Å². The summed E-state index contributed by atoms with van der Waals surface area (Å²) in [6.07, 6.45) is 4.72. The molecule has 0 saturated carbocycles. The molecule has 2 unspecified atom stereocenters. The van der Waals surface area contributed by atoms with Crippen molar-refractivity contribution in [3.63, 3.8) is 0 Å². The number of thioether (sulfide) groups is 1. The molecule has 2 rings (SSSR count).